The van der Waals surface area contributed by atoms with Gasteiger partial charge in [-0.1, -0.05) is 43.5 Å². The van der Waals surface area contributed by atoms with Crippen molar-refractivity contribution in [2.75, 3.05) is 5.73 Å². The van der Waals surface area contributed by atoms with E-state index in [2.05, 4.69) is 9.97 Å². The predicted molar refractivity (Wildman–Crippen MR) is 107 cm³/mol. The van der Waals surface area contributed by atoms with Crippen LogP contribution in [0.5, 0.6) is 0 Å². The van der Waals surface area contributed by atoms with Crippen LogP contribution < -0.4 is 5.73 Å². The molecule has 1 saturated carbocycles. The minimum Gasteiger partial charge on any atom is -0.384 e. The fraction of sp³-hybridized carbons (Fsp3) is 0.400. The number of rotatable bonds is 3. The fourth-order valence-electron chi connectivity index (χ4n) is 4.58. The van der Waals surface area contributed by atoms with Crippen molar-refractivity contribution in [2.45, 2.75) is 56.1 Å². The van der Waals surface area contributed by atoms with E-state index in [-0.39, 0.29) is 16.8 Å². The summed E-state index contributed by atoms with van der Waals surface area (Å²) in [4.78, 5) is 8.94. The molecule has 1 aliphatic carbocycles. The number of anilines is 1. The van der Waals surface area contributed by atoms with Crippen LogP contribution in [0.2, 0.25) is 0 Å². The molecule has 28 heavy (non-hydrogen) atoms. The van der Waals surface area contributed by atoms with E-state index < -0.39 is 10.0 Å². The van der Waals surface area contributed by atoms with Gasteiger partial charge in [-0.2, -0.15) is 4.31 Å². The first-order valence-corrected chi connectivity index (χ1v) is 11.2. The molecule has 0 amide bonds. The third-order valence-electron chi connectivity index (χ3n) is 5.96. The zero-order valence-electron chi connectivity index (χ0n) is 15.6. The smallest absolute Gasteiger partial charge is 0.249 e. The van der Waals surface area contributed by atoms with Gasteiger partial charge in [-0.15, -0.1) is 0 Å². The second-order valence-electron chi connectivity index (χ2n) is 7.65. The number of fused-ring (bicyclic) bond motifs is 2. The molecular formula is C20H23N5O2S. The van der Waals surface area contributed by atoms with Crippen LogP contribution in [0.3, 0.4) is 0 Å². The minimum absolute atomic E-state index is 0.106. The van der Waals surface area contributed by atoms with E-state index in [4.69, 9.17) is 5.73 Å². The maximum atomic E-state index is 13.6. The highest BCUT2D eigenvalue weighted by atomic mass is 32.2. The van der Waals surface area contributed by atoms with Crippen molar-refractivity contribution >= 4 is 27.0 Å². The van der Waals surface area contributed by atoms with Crippen LogP contribution in [0, 0.1) is 0 Å². The number of aromatic nitrogens is 3. The molecule has 7 nitrogen and oxygen atoms in total. The van der Waals surface area contributed by atoms with Gasteiger partial charge in [0, 0.05) is 31.5 Å². The summed E-state index contributed by atoms with van der Waals surface area (Å²) in [7, 11) is -3.80. The minimum atomic E-state index is -3.80. The van der Waals surface area contributed by atoms with E-state index in [1.54, 1.807) is 6.20 Å². The first kappa shape index (κ1) is 17.6. The van der Waals surface area contributed by atoms with Crippen molar-refractivity contribution in [3.8, 4) is 0 Å². The Bertz CT molecular complexity index is 1120. The summed E-state index contributed by atoms with van der Waals surface area (Å²) in [5.74, 6) is 0.268. The van der Waals surface area contributed by atoms with Crippen LogP contribution in [0.4, 0.5) is 5.82 Å². The lowest BCUT2D eigenvalue weighted by Gasteiger charge is -2.25. The molecule has 0 saturated heterocycles. The summed E-state index contributed by atoms with van der Waals surface area (Å²) in [6.07, 6.45) is 8.55. The lowest BCUT2D eigenvalue weighted by Crippen LogP contribution is -2.26. The van der Waals surface area contributed by atoms with E-state index >= 15 is 0 Å². The molecule has 5 rings (SSSR count). The molecule has 0 spiro atoms. The van der Waals surface area contributed by atoms with Crippen LogP contribution in [-0.4, -0.2) is 27.3 Å². The van der Waals surface area contributed by atoms with E-state index in [0.717, 1.165) is 36.8 Å². The molecule has 2 aliphatic rings. The molecule has 0 atom stereocenters. The van der Waals surface area contributed by atoms with Crippen LogP contribution in [0.15, 0.2) is 41.6 Å². The monoisotopic (exact) mass is 397 g/mol. The molecule has 2 aromatic heterocycles. The summed E-state index contributed by atoms with van der Waals surface area (Å²) < 4.78 is 30.6. The Hall–Kier alpha value is -2.45. The molecule has 3 heterocycles. The Morgan fingerprint density at radius 2 is 1.61 bits per heavy atom. The normalized spacial score (nSPS) is 18.6. The average molecular weight is 398 g/mol. The molecular weight excluding hydrogens is 374 g/mol. The average Bonchev–Trinajstić information content (AvgIpc) is 3.27. The van der Waals surface area contributed by atoms with Gasteiger partial charge in [0.15, 0.2) is 10.5 Å². The van der Waals surface area contributed by atoms with Gasteiger partial charge in [0.2, 0.25) is 10.0 Å². The number of hydrogen-bond donors (Lipinski definition) is 1. The number of nitrogens with zero attached hydrogens (tertiary/aromatic N) is 4. The first-order valence-electron chi connectivity index (χ1n) is 9.74. The number of nitrogen functional groups attached to an aromatic ring is 1. The van der Waals surface area contributed by atoms with Gasteiger partial charge in [-0.25, -0.2) is 18.4 Å². The van der Waals surface area contributed by atoms with Crippen molar-refractivity contribution in [1.82, 2.24) is 18.8 Å². The van der Waals surface area contributed by atoms with E-state index in [9.17, 15) is 8.42 Å². The highest BCUT2D eigenvalue weighted by Gasteiger charge is 2.37. The molecule has 0 bridgehead atoms. The summed E-state index contributed by atoms with van der Waals surface area (Å²) in [5, 5.41) is 0. The maximum Gasteiger partial charge on any atom is 0.249 e. The quantitative estimate of drug-likeness (QED) is 0.732. The zero-order chi connectivity index (χ0) is 19.3. The lowest BCUT2D eigenvalue weighted by molar-refractivity contribution is 0.362. The SMILES string of the molecule is Nc1c(S(=O)(=O)N2Cc3ccccc3C2)c2nccnc2n1C1CCCCC1. The van der Waals surface area contributed by atoms with Crippen molar-refractivity contribution in [3.63, 3.8) is 0 Å². The van der Waals surface area contributed by atoms with Gasteiger partial charge in [0.25, 0.3) is 0 Å². The van der Waals surface area contributed by atoms with Gasteiger partial charge in [-0.05, 0) is 24.0 Å². The fourth-order valence-corrected chi connectivity index (χ4v) is 6.20. The summed E-state index contributed by atoms with van der Waals surface area (Å²) >= 11 is 0. The summed E-state index contributed by atoms with van der Waals surface area (Å²) in [6.45, 7) is 0.711. The molecule has 1 aliphatic heterocycles. The van der Waals surface area contributed by atoms with Crippen LogP contribution in [0.25, 0.3) is 11.2 Å². The Morgan fingerprint density at radius 1 is 0.964 bits per heavy atom. The molecule has 0 radical (unpaired) electrons. The van der Waals surface area contributed by atoms with Crippen LogP contribution in [-0.2, 0) is 23.1 Å². The molecule has 8 heteroatoms. The number of sulfonamides is 1. The van der Waals surface area contributed by atoms with Crippen molar-refractivity contribution in [3.05, 3.63) is 47.8 Å². The molecule has 1 aromatic carbocycles. The van der Waals surface area contributed by atoms with Crippen LogP contribution in [0.1, 0.15) is 49.3 Å². The van der Waals surface area contributed by atoms with Crippen molar-refractivity contribution in [1.29, 1.82) is 0 Å². The standard InChI is InChI=1S/C20H23N5O2S/c21-19-18(28(26,27)24-12-14-6-4-5-7-15(14)13-24)17-20(23-11-10-22-17)25(19)16-8-2-1-3-9-16/h4-7,10-11,16H,1-3,8-9,12-13,21H2. The number of nitrogens with two attached hydrogens (primary N) is 1. The van der Waals surface area contributed by atoms with Gasteiger partial charge < -0.3 is 10.3 Å². The van der Waals surface area contributed by atoms with E-state index in [1.807, 2.05) is 28.8 Å². The second-order valence-corrected chi connectivity index (χ2v) is 9.52. The third-order valence-corrected chi connectivity index (χ3v) is 7.82. The molecule has 3 aromatic rings. The van der Waals surface area contributed by atoms with Gasteiger partial charge in [0.1, 0.15) is 11.3 Å². The molecule has 1 fully saturated rings. The highest BCUT2D eigenvalue weighted by Crippen LogP contribution is 2.40. The topological polar surface area (TPSA) is 94.1 Å². The van der Waals surface area contributed by atoms with Crippen LogP contribution >= 0.6 is 0 Å². The van der Waals surface area contributed by atoms with Gasteiger partial charge in [0.05, 0.1) is 0 Å². The molecule has 2 N–H and O–H groups in total. The van der Waals surface area contributed by atoms with Crippen molar-refractivity contribution in [2.24, 2.45) is 0 Å². The maximum absolute atomic E-state index is 13.6. The highest BCUT2D eigenvalue weighted by molar-refractivity contribution is 7.89. The van der Waals surface area contributed by atoms with Crippen molar-refractivity contribution < 1.29 is 8.42 Å². The van der Waals surface area contributed by atoms with Gasteiger partial charge >= 0.3 is 0 Å². The number of hydrogen-bond acceptors (Lipinski definition) is 5. The Kier molecular flexibility index (Phi) is 4.13. The largest absolute Gasteiger partial charge is 0.384 e. The van der Waals surface area contributed by atoms with Gasteiger partial charge in [-0.3, -0.25) is 0 Å². The zero-order valence-corrected chi connectivity index (χ0v) is 16.4. The predicted octanol–water partition coefficient (Wildman–Crippen LogP) is 3.22. The Balaban J connectivity index is 1.64. The molecule has 146 valence electrons. The van der Waals surface area contributed by atoms with E-state index in [1.165, 1.54) is 16.9 Å². The lowest BCUT2D eigenvalue weighted by atomic mass is 9.95. The third kappa shape index (κ3) is 2.62. The Labute approximate surface area is 164 Å². The summed E-state index contributed by atoms with van der Waals surface area (Å²) in [6, 6.07) is 7.99. The van der Waals surface area contributed by atoms with E-state index in [0.29, 0.717) is 24.3 Å². The first-order chi connectivity index (χ1) is 13.6. The second kappa shape index (κ2) is 6.56. The Morgan fingerprint density at radius 3 is 2.29 bits per heavy atom. The molecule has 0 unspecified atom stereocenters. The summed E-state index contributed by atoms with van der Waals surface area (Å²) in [5.41, 5.74) is 9.50. The number of benzene rings is 1.